The van der Waals surface area contributed by atoms with E-state index in [1.54, 1.807) is 24.6 Å². The monoisotopic (exact) mass is 554 g/mol. The fourth-order valence-electron chi connectivity index (χ4n) is 5.06. The van der Waals surface area contributed by atoms with Gasteiger partial charge in [0.15, 0.2) is 11.7 Å². The quantitative estimate of drug-likeness (QED) is 0.222. The first-order chi connectivity index (χ1) is 19.3. The molecule has 1 aliphatic carbocycles. The van der Waals surface area contributed by atoms with Crippen molar-refractivity contribution in [3.05, 3.63) is 54.3 Å². The van der Waals surface area contributed by atoms with Gasteiger partial charge in [-0.2, -0.15) is 0 Å². The number of carbonyl (C=O) groups excluding carboxylic acids is 1. The number of aliphatic hydroxyl groups excluding tert-OH is 1. The van der Waals surface area contributed by atoms with Crippen molar-refractivity contribution < 1.29 is 29.3 Å². The van der Waals surface area contributed by atoms with Crippen LogP contribution in [0.3, 0.4) is 0 Å². The number of phenols is 1. The number of phenolic OH excluding ortho intramolecular Hbond substituents is 1. The zero-order valence-electron chi connectivity index (χ0n) is 23.8. The lowest BCUT2D eigenvalue weighted by Gasteiger charge is -2.30. The number of nitrogens with zero attached hydrogens (tertiary/aromatic N) is 3. The van der Waals surface area contributed by atoms with Gasteiger partial charge in [0.2, 0.25) is 0 Å². The van der Waals surface area contributed by atoms with E-state index in [-0.39, 0.29) is 18.3 Å². The minimum atomic E-state index is -0.953. The number of imidazole rings is 1. The van der Waals surface area contributed by atoms with Gasteiger partial charge in [-0.1, -0.05) is 33.1 Å². The van der Waals surface area contributed by atoms with Gasteiger partial charge >= 0.3 is 0 Å². The molecule has 0 aliphatic heterocycles. The topological polar surface area (TPSA) is 151 Å². The summed E-state index contributed by atoms with van der Waals surface area (Å²) in [5.74, 6) is 1.39. The molecule has 1 fully saturated rings. The second-order valence-electron chi connectivity index (χ2n) is 9.99. The van der Waals surface area contributed by atoms with Crippen molar-refractivity contribution in [1.82, 2.24) is 19.9 Å². The maximum absolute atomic E-state index is 11.2. The molecular formula is C30H42N4O6. The van der Waals surface area contributed by atoms with Crippen LogP contribution in [0.1, 0.15) is 83.0 Å². The Morgan fingerprint density at radius 3 is 2.60 bits per heavy atom. The summed E-state index contributed by atoms with van der Waals surface area (Å²) in [6, 6.07) is 9.90. The highest BCUT2D eigenvalue weighted by molar-refractivity contribution is 5.79. The van der Waals surface area contributed by atoms with Crippen LogP contribution in [0, 0.1) is 5.92 Å². The van der Waals surface area contributed by atoms with Gasteiger partial charge in [0.05, 0.1) is 29.2 Å². The van der Waals surface area contributed by atoms with Gasteiger partial charge < -0.3 is 34.4 Å². The third-order valence-electron chi connectivity index (χ3n) is 7.07. The average Bonchev–Trinajstić information content (AvgIpc) is 3.58. The number of rotatable bonds is 6. The Bertz CT molecular complexity index is 1320. The van der Waals surface area contributed by atoms with E-state index in [9.17, 15) is 10.2 Å². The maximum Gasteiger partial charge on any atom is 0.290 e. The molecule has 5 rings (SSSR count). The molecular weight excluding hydrogens is 512 g/mol. The minimum Gasteiger partial charge on any atom is -0.508 e. The number of aromatic hydroxyl groups is 1. The molecule has 1 aliphatic rings. The highest BCUT2D eigenvalue weighted by Crippen LogP contribution is 2.38. The number of fused-ring (bicyclic) bond motifs is 2. The summed E-state index contributed by atoms with van der Waals surface area (Å²) in [5, 5.41) is 32.0. The number of pyridine rings is 1. The van der Waals surface area contributed by atoms with Gasteiger partial charge in [0.1, 0.15) is 18.4 Å². The van der Waals surface area contributed by atoms with Crippen LogP contribution in [0.4, 0.5) is 0 Å². The lowest BCUT2D eigenvalue weighted by atomic mass is 9.86. The first-order valence-corrected chi connectivity index (χ1v) is 13.6. The summed E-state index contributed by atoms with van der Waals surface area (Å²) in [7, 11) is 2.00. The van der Waals surface area contributed by atoms with Crippen molar-refractivity contribution in [3.8, 4) is 5.75 Å². The van der Waals surface area contributed by atoms with Crippen LogP contribution in [0.2, 0.25) is 0 Å². The molecule has 218 valence electrons. The van der Waals surface area contributed by atoms with Gasteiger partial charge in [0.25, 0.3) is 6.47 Å². The van der Waals surface area contributed by atoms with Gasteiger partial charge in [-0.15, -0.1) is 0 Å². The Morgan fingerprint density at radius 1 is 1.25 bits per heavy atom. The van der Waals surface area contributed by atoms with E-state index in [2.05, 4.69) is 35.6 Å². The molecule has 0 radical (unpaired) electrons. The molecule has 10 heteroatoms. The number of hydrogen-bond donors (Lipinski definition) is 4. The predicted molar refractivity (Wildman–Crippen MR) is 155 cm³/mol. The minimum absolute atomic E-state index is 0.174. The van der Waals surface area contributed by atoms with Crippen molar-refractivity contribution in [2.24, 2.45) is 5.92 Å². The van der Waals surface area contributed by atoms with E-state index in [4.69, 9.17) is 24.1 Å². The molecule has 10 nitrogen and oxygen atoms in total. The zero-order chi connectivity index (χ0) is 29.7. The lowest BCUT2D eigenvalue weighted by Crippen LogP contribution is -2.21. The van der Waals surface area contributed by atoms with Crippen LogP contribution in [0.5, 0.6) is 5.75 Å². The highest BCUT2D eigenvalue weighted by Gasteiger charge is 2.28. The molecule has 4 unspecified atom stereocenters. The van der Waals surface area contributed by atoms with Crippen molar-refractivity contribution >= 4 is 35.3 Å². The molecule has 0 saturated heterocycles. The number of carboxylic acid groups (broad SMARTS) is 1. The van der Waals surface area contributed by atoms with Crippen molar-refractivity contribution in [1.29, 1.82) is 0 Å². The molecule has 4 aromatic rings. The Morgan fingerprint density at radius 2 is 1.98 bits per heavy atom. The summed E-state index contributed by atoms with van der Waals surface area (Å²) in [5.41, 5.74) is 2.86. The number of hydrogen-bond acceptors (Lipinski definition) is 8. The maximum atomic E-state index is 11.2. The Labute approximate surface area is 235 Å². The average molecular weight is 555 g/mol. The van der Waals surface area contributed by atoms with E-state index in [0.29, 0.717) is 34.6 Å². The summed E-state index contributed by atoms with van der Waals surface area (Å²) in [4.78, 5) is 25.5. The standard InChI is InChI=1S/C22H23N3O3.C6H15N.CH2O2.CH2O/c1-13-3-2-4-15(9-13)25-19-6-5-16(26)11-17(19)24-22(25)21(27)18-10-14-7-8-28-20(14)12-23-18;1-4-5-6(2)7-3;2-1-3;1-2/h5-8,10-13,15,21,26-27H,2-4,9H2,1H3;6-7H,4-5H2,1-3H3;1H,(H,2,3);1H2. The highest BCUT2D eigenvalue weighted by atomic mass is 16.3. The zero-order valence-corrected chi connectivity index (χ0v) is 23.8. The molecule has 0 bridgehead atoms. The van der Waals surface area contributed by atoms with Crippen LogP contribution in [-0.2, 0) is 9.59 Å². The van der Waals surface area contributed by atoms with E-state index >= 15 is 0 Å². The number of aliphatic hydroxyl groups is 1. The molecule has 3 aromatic heterocycles. The molecule has 1 aromatic carbocycles. The van der Waals surface area contributed by atoms with E-state index in [1.807, 2.05) is 32.0 Å². The Balaban J connectivity index is 0.000000400. The summed E-state index contributed by atoms with van der Waals surface area (Å²) < 4.78 is 7.52. The van der Waals surface area contributed by atoms with Gasteiger partial charge in [-0.25, -0.2) is 4.98 Å². The smallest absolute Gasteiger partial charge is 0.290 e. The molecule has 4 atom stereocenters. The Hall–Kier alpha value is -3.76. The van der Waals surface area contributed by atoms with Crippen LogP contribution in [0.15, 0.2) is 47.2 Å². The third-order valence-corrected chi connectivity index (χ3v) is 7.07. The van der Waals surface area contributed by atoms with Crippen molar-refractivity contribution in [2.45, 2.75) is 77.5 Å². The summed E-state index contributed by atoms with van der Waals surface area (Å²) in [6.45, 7) is 8.43. The fourth-order valence-corrected chi connectivity index (χ4v) is 5.06. The van der Waals surface area contributed by atoms with E-state index in [1.165, 1.54) is 25.7 Å². The third kappa shape index (κ3) is 8.37. The summed E-state index contributed by atoms with van der Waals surface area (Å²) in [6.07, 6.45) is 9.38. The second-order valence-corrected chi connectivity index (χ2v) is 9.99. The number of benzene rings is 1. The predicted octanol–water partition coefficient (Wildman–Crippen LogP) is 5.63. The molecule has 0 spiro atoms. The van der Waals surface area contributed by atoms with Gasteiger partial charge in [0, 0.05) is 23.5 Å². The lowest BCUT2D eigenvalue weighted by molar-refractivity contribution is -0.122. The second kappa shape index (κ2) is 16.4. The number of nitrogens with one attached hydrogen (secondary N) is 1. The first-order valence-electron chi connectivity index (χ1n) is 13.6. The summed E-state index contributed by atoms with van der Waals surface area (Å²) >= 11 is 0. The van der Waals surface area contributed by atoms with Crippen LogP contribution in [0.25, 0.3) is 22.0 Å². The number of aromatic nitrogens is 3. The van der Waals surface area contributed by atoms with Crippen molar-refractivity contribution in [3.63, 3.8) is 0 Å². The first kappa shape index (κ1) is 32.5. The van der Waals surface area contributed by atoms with E-state index in [0.717, 1.165) is 23.7 Å². The van der Waals surface area contributed by atoms with Crippen molar-refractivity contribution in [2.75, 3.05) is 7.05 Å². The largest absolute Gasteiger partial charge is 0.508 e. The van der Waals surface area contributed by atoms with Crippen LogP contribution in [-0.4, -0.2) is 56.2 Å². The number of furan rings is 1. The molecule has 4 N–H and O–H groups in total. The Kier molecular flexibility index (Phi) is 13.3. The molecule has 40 heavy (non-hydrogen) atoms. The molecule has 3 heterocycles. The fraction of sp³-hybridized carbons (Fsp3) is 0.467. The molecule has 1 saturated carbocycles. The molecule has 0 amide bonds. The van der Waals surface area contributed by atoms with Gasteiger partial charge in [-0.05, 0) is 63.4 Å². The van der Waals surface area contributed by atoms with Gasteiger partial charge in [-0.3, -0.25) is 9.78 Å². The van der Waals surface area contributed by atoms with E-state index < -0.39 is 6.10 Å². The van der Waals surface area contributed by atoms with Crippen LogP contribution < -0.4 is 5.32 Å². The van der Waals surface area contributed by atoms with Crippen LogP contribution >= 0.6 is 0 Å². The number of carbonyl (C=O) groups is 2. The normalized spacial score (nSPS) is 17.8. The SMILES string of the molecule is C=O.CC1CCCC(n2c(C(O)c3cc4ccoc4cn3)nc3cc(O)ccc32)C1.CCCC(C)NC.O=CO.